The second kappa shape index (κ2) is 8.33. The second-order valence-corrected chi connectivity index (χ2v) is 5.97. The van der Waals surface area contributed by atoms with E-state index in [1.54, 1.807) is 0 Å². The molecule has 0 atom stereocenters. The summed E-state index contributed by atoms with van der Waals surface area (Å²) in [5.74, 6) is 0. The summed E-state index contributed by atoms with van der Waals surface area (Å²) < 4.78 is 0. The number of rotatable bonds is 8. The Kier molecular flexibility index (Phi) is 5.63. The first-order valence-corrected chi connectivity index (χ1v) is 8.54. The van der Waals surface area contributed by atoms with E-state index >= 15 is 0 Å². The van der Waals surface area contributed by atoms with Crippen molar-refractivity contribution >= 4 is 16.5 Å². The van der Waals surface area contributed by atoms with Crippen molar-refractivity contribution in [3.8, 4) is 0 Å². The monoisotopic (exact) mass is 304 g/mol. The van der Waals surface area contributed by atoms with Gasteiger partial charge >= 0.3 is 0 Å². The molecule has 1 N–H and O–H groups in total. The third-order valence-corrected chi connectivity index (χ3v) is 4.16. The van der Waals surface area contributed by atoms with Crippen LogP contribution in [0.15, 0.2) is 66.9 Å². The number of fused-ring (bicyclic) bond motifs is 1. The number of aryl methyl sites for hydroxylation is 1. The fraction of sp³-hybridized carbons (Fsp3) is 0.286. The van der Waals surface area contributed by atoms with Gasteiger partial charge in [-0.05, 0) is 54.3 Å². The largest absolute Gasteiger partial charge is 0.385 e. The molecule has 2 aromatic carbocycles. The third kappa shape index (κ3) is 4.82. The van der Waals surface area contributed by atoms with Gasteiger partial charge in [0.05, 0.1) is 0 Å². The maximum atomic E-state index is 4.36. The minimum atomic E-state index is 1.04. The van der Waals surface area contributed by atoms with Crippen LogP contribution in [0.4, 0.5) is 5.69 Å². The molecule has 0 aliphatic rings. The number of anilines is 1. The van der Waals surface area contributed by atoms with Crippen LogP contribution in [0.5, 0.6) is 0 Å². The molecule has 0 amide bonds. The molecule has 1 aromatic heterocycles. The number of hydrogen-bond acceptors (Lipinski definition) is 2. The topological polar surface area (TPSA) is 24.9 Å². The Labute approximate surface area is 138 Å². The lowest BCUT2D eigenvalue weighted by molar-refractivity contribution is 0.649. The molecule has 1 heterocycles. The molecule has 0 unspecified atom stereocenters. The van der Waals surface area contributed by atoms with E-state index in [0.29, 0.717) is 0 Å². The fourth-order valence-corrected chi connectivity index (χ4v) is 2.86. The van der Waals surface area contributed by atoms with Crippen LogP contribution in [0.1, 0.15) is 31.4 Å². The van der Waals surface area contributed by atoms with Gasteiger partial charge < -0.3 is 5.32 Å². The normalized spacial score (nSPS) is 10.8. The molecule has 118 valence electrons. The molecule has 0 bridgehead atoms. The summed E-state index contributed by atoms with van der Waals surface area (Å²) in [6, 6.07) is 21.2. The highest BCUT2D eigenvalue weighted by Gasteiger charge is 1.97. The van der Waals surface area contributed by atoms with E-state index in [1.165, 1.54) is 47.8 Å². The van der Waals surface area contributed by atoms with Crippen LogP contribution in [0, 0.1) is 0 Å². The van der Waals surface area contributed by atoms with Gasteiger partial charge in [0.25, 0.3) is 0 Å². The molecule has 0 aliphatic carbocycles. The molecule has 2 nitrogen and oxygen atoms in total. The highest BCUT2D eigenvalue weighted by Crippen LogP contribution is 2.18. The minimum Gasteiger partial charge on any atom is -0.385 e. The minimum absolute atomic E-state index is 1.04. The van der Waals surface area contributed by atoms with Gasteiger partial charge in [-0.15, -0.1) is 0 Å². The van der Waals surface area contributed by atoms with E-state index in [9.17, 15) is 0 Å². The van der Waals surface area contributed by atoms with Crippen molar-refractivity contribution in [2.75, 3.05) is 11.9 Å². The van der Waals surface area contributed by atoms with Crippen LogP contribution in [0.25, 0.3) is 10.8 Å². The molecular formula is C21H24N2. The number of nitrogens with zero attached hydrogens (tertiary/aromatic N) is 1. The average Bonchev–Trinajstić information content (AvgIpc) is 2.61. The van der Waals surface area contributed by atoms with E-state index in [1.807, 2.05) is 12.3 Å². The first kappa shape index (κ1) is 15.5. The van der Waals surface area contributed by atoms with Crippen LogP contribution >= 0.6 is 0 Å². The van der Waals surface area contributed by atoms with Crippen LogP contribution in [0.2, 0.25) is 0 Å². The van der Waals surface area contributed by atoms with Crippen molar-refractivity contribution < 1.29 is 0 Å². The summed E-state index contributed by atoms with van der Waals surface area (Å²) in [6.07, 6.45) is 7.97. The second-order valence-electron chi connectivity index (χ2n) is 5.97. The molecule has 0 saturated heterocycles. The van der Waals surface area contributed by atoms with Crippen molar-refractivity contribution in [1.29, 1.82) is 0 Å². The van der Waals surface area contributed by atoms with Gasteiger partial charge in [-0.3, -0.25) is 4.98 Å². The summed E-state index contributed by atoms with van der Waals surface area (Å²) in [6.45, 7) is 1.04. The van der Waals surface area contributed by atoms with Crippen molar-refractivity contribution in [3.05, 3.63) is 72.6 Å². The molecule has 2 heteroatoms. The Hall–Kier alpha value is -2.35. The number of benzene rings is 2. The van der Waals surface area contributed by atoms with Gasteiger partial charge in [-0.25, -0.2) is 0 Å². The first-order valence-electron chi connectivity index (χ1n) is 8.54. The van der Waals surface area contributed by atoms with E-state index in [-0.39, 0.29) is 0 Å². The summed E-state index contributed by atoms with van der Waals surface area (Å²) in [5, 5.41) is 6.13. The number of unbranched alkanes of at least 4 members (excludes halogenated alkanes) is 3. The maximum absolute atomic E-state index is 4.36. The third-order valence-electron chi connectivity index (χ3n) is 4.16. The van der Waals surface area contributed by atoms with E-state index in [0.717, 1.165) is 13.0 Å². The highest BCUT2D eigenvalue weighted by molar-refractivity contribution is 5.85. The van der Waals surface area contributed by atoms with E-state index in [4.69, 9.17) is 0 Å². The zero-order valence-electron chi connectivity index (χ0n) is 13.5. The summed E-state index contributed by atoms with van der Waals surface area (Å²) in [7, 11) is 0. The molecule has 3 rings (SSSR count). The van der Waals surface area contributed by atoms with Crippen molar-refractivity contribution in [2.24, 2.45) is 0 Å². The van der Waals surface area contributed by atoms with Crippen LogP contribution in [0.3, 0.4) is 0 Å². The zero-order valence-corrected chi connectivity index (χ0v) is 13.5. The van der Waals surface area contributed by atoms with Gasteiger partial charge in [0, 0.05) is 24.1 Å². The Balaban J connectivity index is 1.33. The Bertz CT molecular complexity index is 722. The van der Waals surface area contributed by atoms with Crippen molar-refractivity contribution in [3.63, 3.8) is 0 Å². The summed E-state index contributed by atoms with van der Waals surface area (Å²) >= 11 is 0. The SMILES string of the molecule is c1ccc(CCCCCCNc2ccc3ccccc3c2)nc1. The number of pyridine rings is 1. The van der Waals surface area contributed by atoms with E-state index < -0.39 is 0 Å². The van der Waals surface area contributed by atoms with E-state index in [2.05, 4.69) is 64.9 Å². The fourth-order valence-electron chi connectivity index (χ4n) is 2.86. The zero-order chi connectivity index (χ0) is 15.7. The lowest BCUT2D eigenvalue weighted by Crippen LogP contribution is -2.01. The Morgan fingerprint density at radius 1 is 0.739 bits per heavy atom. The summed E-state index contributed by atoms with van der Waals surface area (Å²) in [5.41, 5.74) is 2.43. The lowest BCUT2D eigenvalue weighted by atomic mass is 10.1. The highest BCUT2D eigenvalue weighted by atomic mass is 14.9. The van der Waals surface area contributed by atoms with Gasteiger partial charge in [0.1, 0.15) is 0 Å². The van der Waals surface area contributed by atoms with Gasteiger partial charge in [0.15, 0.2) is 0 Å². The molecule has 23 heavy (non-hydrogen) atoms. The number of aromatic nitrogens is 1. The van der Waals surface area contributed by atoms with Gasteiger partial charge in [-0.2, -0.15) is 0 Å². The number of hydrogen-bond donors (Lipinski definition) is 1. The molecular weight excluding hydrogens is 280 g/mol. The maximum Gasteiger partial charge on any atom is 0.0403 e. The van der Waals surface area contributed by atoms with Gasteiger partial charge in [-0.1, -0.05) is 49.2 Å². The number of nitrogens with one attached hydrogen (secondary N) is 1. The standard InChI is InChI=1S/C21H24N2/c1(3-11-20-12-6-8-16-22-20)2-7-15-23-21-14-13-18-9-4-5-10-19(18)17-21/h4-6,8-10,12-14,16-17,23H,1-3,7,11,15H2. The molecule has 0 radical (unpaired) electrons. The van der Waals surface area contributed by atoms with Gasteiger partial charge in [0.2, 0.25) is 0 Å². The molecule has 0 aliphatic heterocycles. The summed E-state index contributed by atoms with van der Waals surface area (Å²) in [4.78, 5) is 4.36. The first-order chi connectivity index (χ1) is 11.4. The van der Waals surface area contributed by atoms with Crippen molar-refractivity contribution in [1.82, 2.24) is 4.98 Å². The Morgan fingerprint density at radius 2 is 1.57 bits per heavy atom. The smallest absolute Gasteiger partial charge is 0.0403 e. The quantitative estimate of drug-likeness (QED) is 0.560. The molecule has 0 fully saturated rings. The average molecular weight is 304 g/mol. The predicted molar refractivity (Wildman–Crippen MR) is 98.8 cm³/mol. The van der Waals surface area contributed by atoms with Crippen LogP contribution < -0.4 is 5.32 Å². The predicted octanol–water partition coefficient (Wildman–Crippen LogP) is 5.45. The molecule has 0 saturated carbocycles. The molecule has 0 spiro atoms. The Morgan fingerprint density at radius 3 is 2.43 bits per heavy atom. The van der Waals surface area contributed by atoms with Crippen LogP contribution in [-0.4, -0.2) is 11.5 Å². The lowest BCUT2D eigenvalue weighted by Gasteiger charge is -2.07. The van der Waals surface area contributed by atoms with Crippen LogP contribution in [-0.2, 0) is 6.42 Å². The molecule has 3 aromatic rings. The van der Waals surface area contributed by atoms with Crippen molar-refractivity contribution in [2.45, 2.75) is 32.1 Å².